The summed E-state index contributed by atoms with van der Waals surface area (Å²) in [5.74, 6) is 0.315. The van der Waals surface area contributed by atoms with Gasteiger partial charge in [0, 0.05) is 5.02 Å². The van der Waals surface area contributed by atoms with E-state index in [9.17, 15) is 4.79 Å². The number of carbonyl (C=O) groups excluding carboxylic acids is 1. The molecule has 0 aliphatic rings. The number of alkyl halides is 1. The number of ketones is 1. The van der Waals surface area contributed by atoms with Gasteiger partial charge in [-0.25, -0.2) is 0 Å². The molecule has 0 heterocycles. The van der Waals surface area contributed by atoms with Gasteiger partial charge in [-0.15, -0.1) is 0 Å². The Hall–Kier alpha value is -1.03. The number of ether oxygens (including phenoxy) is 1. The first-order valence-electron chi connectivity index (χ1n) is 6.68. The lowest BCUT2D eigenvalue weighted by Crippen LogP contribution is -2.37. The van der Waals surface area contributed by atoms with Gasteiger partial charge < -0.3 is 4.74 Å². The third-order valence-corrected chi connectivity index (χ3v) is 4.58. The average molecular weight is 402 g/mol. The highest BCUT2D eigenvalue weighted by Crippen LogP contribution is 2.32. The maximum absolute atomic E-state index is 12.7. The van der Waals surface area contributed by atoms with Crippen LogP contribution in [0.15, 0.2) is 48.5 Å². The summed E-state index contributed by atoms with van der Waals surface area (Å²) in [7, 11) is 0. The molecular formula is C17H15BrCl2O2. The van der Waals surface area contributed by atoms with Crippen LogP contribution in [-0.2, 0) is 10.2 Å². The minimum Gasteiger partial charge on any atom is -0.470 e. The molecule has 116 valence electrons. The number of hydrogen-bond acceptors (Lipinski definition) is 2. The number of halogens is 3. The van der Waals surface area contributed by atoms with Crippen LogP contribution in [0.3, 0.4) is 0 Å². The van der Waals surface area contributed by atoms with Crippen molar-refractivity contribution in [3.63, 3.8) is 0 Å². The van der Waals surface area contributed by atoms with Gasteiger partial charge in [0.15, 0.2) is 5.78 Å². The zero-order chi connectivity index (χ0) is 16.3. The number of benzene rings is 2. The highest BCUT2D eigenvalue weighted by atomic mass is 79.9. The van der Waals surface area contributed by atoms with E-state index in [1.807, 2.05) is 44.2 Å². The number of rotatable bonds is 5. The average Bonchev–Trinajstić information content (AvgIpc) is 2.50. The van der Waals surface area contributed by atoms with Crippen molar-refractivity contribution >= 4 is 44.9 Å². The van der Waals surface area contributed by atoms with Gasteiger partial charge in [0.2, 0.25) is 5.01 Å². The molecule has 1 unspecified atom stereocenters. The topological polar surface area (TPSA) is 26.3 Å². The van der Waals surface area contributed by atoms with Crippen molar-refractivity contribution in [2.24, 2.45) is 0 Å². The second kappa shape index (κ2) is 7.03. The highest BCUT2D eigenvalue weighted by Gasteiger charge is 2.35. The fourth-order valence-corrected chi connectivity index (χ4v) is 3.24. The van der Waals surface area contributed by atoms with E-state index in [2.05, 4.69) is 15.9 Å². The third-order valence-electron chi connectivity index (χ3n) is 3.44. The molecule has 5 heteroatoms. The zero-order valence-corrected chi connectivity index (χ0v) is 15.2. The molecule has 0 saturated carbocycles. The van der Waals surface area contributed by atoms with Crippen LogP contribution in [0.4, 0.5) is 0 Å². The molecule has 0 aromatic heterocycles. The summed E-state index contributed by atoms with van der Waals surface area (Å²) in [5, 5.41) is 0.0723. The van der Waals surface area contributed by atoms with Crippen LogP contribution in [0.1, 0.15) is 19.4 Å². The van der Waals surface area contributed by atoms with Gasteiger partial charge in [-0.2, -0.15) is 0 Å². The van der Waals surface area contributed by atoms with E-state index in [1.165, 1.54) is 0 Å². The van der Waals surface area contributed by atoms with Crippen molar-refractivity contribution in [2.45, 2.75) is 24.3 Å². The molecule has 0 saturated heterocycles. The largest absolute Gasteiger partial charge is 0.470 e. The Morgan fingerprint density at radius 3 is 2.36 bits per heavy atom. The van der Waals surface area contributed by atoms with E-state index in [4.69, 9.17) is 27.9 Å². The Balaban J connectivity index is 2.18. The lowest BCUT2D eigenvalue weighted by atomic mass is 9.81. The van der Waals surface area contributed by atoms with Gasteiger partial charge in [-0.3, -0.25) is 4.79 Å². The zero-order valence-electron chi connectivity index (χ0n) is 12.1. The van der Waals surface area contributed by atoms with E-state index in [0.717, 1.165) is 5.56 Å². The molecule has 0 fully saturated rings. The Morgan fingerprint density at radius 2 is 1.77 bits per heavy atom. The molecule has 22 heavy (non-hydrogen) atoms. The van der Waals surface area contributed by atoms with Gasteiger partial charge in [0.05, 0.1) is 10.4 Å². The normalized spacial score (nSPS) is 12.8. The van der Waals surface area contributed by atoms with Crippen molar-refractivity contribution in [3.05, 3.63) is 64.1 Å². The monoisotopic (exact) mass is 400 g/mol. The first-order valence-corrected chi connectivity index (χ1v) is 8.35. The molecule has 1 atom stereocenters. The van der Waals surface area contributed by atoms with Crippen LogP contribution in [-0.4, -0.2) is 10.8 Å². The molecule has 2 nitrogen and oxygen atoms in total. The molecule has 0 N–H and O–H groups in total. The maximum atomic E-state index is 12.7. The standard InChI is InChI=1S/C17H15BrCl2O2/c1-17(2,11-6-4-3-5-7-11)15(21)16(18)22-14-9-8-12(19)10-13(14)20/h3-10,16H,1-2H3. The Labute approximate surface area is 148 Å². The lowest BCUT2D eigenvalue weighted by molar-refractivity contribution is -0.126. The quantitative estimate of drug-likeness (QED) is 0.606. The minimum absolute atomic E-state index is 0.0929. The molecule has 0 aliphatic carbocycles. The summed E-state index contributed by atoms with van der Waals surface area (Å²) >= 11 is 15.2. The Kier molecular flexibility index (Phi) is 5.54. The predicted octanol–water partition coefficient (Wildman–Crippen LogP) is 5.64. The van der Waals surface area contributed by atoms with Crippen LogP contribution in [0.25, 0.3) is 0 Å². The van der Waals surface area contributed by atoms with Crippen molar-refractivity contribution in [3.8, 4) is 5.75 Å². The number of carbonyl (C=O) groups is 1. The first kappa shape index (κ1) is 17.3. The van der Waals surface area contributed by atoms with Crippen molar-refractivity contribution < 1.29 is 9.53 Å². The van der Waals surface area contributed by atoms with E-state index < -0.39 is 10.4 Å². The Bertz CT molecular complexity index is 672. The lowest BCUT2D eigenvalue weighted by Gasteiger charge is -2.26. The van der Waals surface area contributed by atoms with E-state index in [-0.39, 0.29) is 5.78 Å². The van der Waals surface area contributed by atoms with Gasteiger partial charge in [-0.1, -0.05) is 53.5 Å². The Morgan fingerprint density at radius 1 is 1.14 bits per heavy atom. The molecule has 0 amide bonds. The third kappa shape index (κ3) is 3.83. The molecule has 2 rings (SSSR count). The van der Waals surface area contributed by atoms with E-state index in [0.29, 0.717) is 15.8 Å². The molecule has 2 aromatic rings. The van der Waals surface area contributed by atoms with Gasteiger partial charge in [-0.05, 0) is 53.5 Å². The van der Waals surface area contributed by atoms with Gasteiger partial charge in [0.25, 0.3) is 0 Å². The predicted molar refractivity (Wildman–Crippen MR) is 94.3 cm³/mol. The van der Waals surface area contributed by atoms with Crippen LogP contribution >= 0.6 is 39.1 Å². The highest BCUT2D eigenvalue weighted by molar-refractivity contribution is 9.09. The van der Waals surface area contributed by atoms with E-state index in [1.54, 1.807) is 18.2 Å². The summed E-state index contributed by atoms with van der Waals surface area (Å²) < 4.78 is 5.65. The van der Waals surface area contributed by atoms with Crippen molar-refractivity contribution in [2.75, 3.05) is 0 Å². The molecule has 0 bridgehead atoms. The summed E-state index contributed by atoms with van der Waals surface area (Å²) in [6, 6.07) is 14.5. The van der Waals surface area contributed by atoms with Crippen molar-refractivity contribution in [1.82, 2.24) is 0 Å². The fourth-order valence-electron chi connectivity index (χ4n) is 2.02. The molecular weight excluding hydrogens is 387 g/mol. The van der Waals surface area contributed by atoms with Crippen LogP contribution in [0, 0.1) is 0 Å². The summed E-state index contributed by atoms with van der Waals surface area (Å²) in [4.78, 5) is 12.7. The van der Waals surface area contributed by atoms with Crippen LogP contribution in [0.2, 0.25) is 10.0 Å². The minimum atomic E-state index is -0.804. The second-order valence-corrected chi connectivity index (χ2v) is 7.04. The summed E-state index contributed by atoms with van der Waals surface area (Å²) in [6.45, 7) is 3.73. The van der Waals surface area contributed by atoms with Gasteiger partial charge >= 0.3 is 0 Å². The maximum Gasteiger partial charge on any atom is 0.211 e. The number of Topliss-reactive ketones (excluding diaryl/α,β-unsaturated/α-hetero) is 1. The van der Waals surface area contributed by atoms with Gasteiger partial charge in [0.1, 0.15) is 5.75 Å². The van der Waals surface area contributed by atoms with Crippen LogP contribution in [0.5, 0.6) is 5.75 Å². The smallest absolute Gasteiger partial charge is 0.211 e. The summed E-state index contributed by atoms with van der Waals surface area (Å²) in [6.07, 6.45) is 0. The number of hydrogen-bond donors (Lipinski definition) is 0. The SMILES string of the molecule is CC(C)(C(=O)C(Br)Oc1ccc(Cl)cc1Cl)c1ccccc1. The van der Waals surface area contributed by atoms with Crippen molar-refractivity contribution in [1.29, 1.82) is 0 Å². The fraction of sp³-hybridized carbons (Fsp3) is 0.235. The molecule has 0 radical (unpaired) electrons. The molecule has 0 spiro atoms. The summed E-state index contributed by atoms with van der Waals surface area (Å²) in [5.41, 5.74) is 0.240. The molecule has 2 aromatic carbocycles. The van der Waals surface area contributed by atoms with Crippen LogP contribution < -0.4 is 4.74 Å². The second-order valence-electron chi connectivity index (χ2n) is 5.36. The van der Waals surface area contributed by atoms with E-state index >= 15 is 0 Å². The molecule has 0 aliphatic heterocycles. The first-order chi connectivity index (χ1) is 10.3.